The van der Waals surface area contributed by atoms with Gasteiger partial charge in [0.2, 0.25) is 0 Å². The van der Waals surface area contributed by atoms with Crippen LogP contribution in [0, 0.1) is 0 Å². The normalized spacial score (nSPS) is 23.2. The van der Waals surface area contributed by atoms with Crippen molar-refractivity contribution < 1.29 is 14.2 Å². The van der Waals surface area contributed by atoms with Crippen LogP contribution in [-0.4, -0.2) is 51.5 Å². The summed E-state index contributed by atoms with van der Waals surface area (Å²) in [7, 11) is 5.14. The molecule has 1 aromatic carbocycles. The fraction of sp³-hybridized carbons (Fsp3) is 0.600. The number of likely N-dealkylation sites (tertiary alicyclic amines) is 1. The molecule has 0 bridgehead atoms. The smallest absolute Gasteiger partial charge is 0.123 e. The number of benzene rings is 1. The van der Waals surface area contributed by atoms with Crippen LogP contribution in [0.15, 0.2) is 18.2 Å². The topological polar surface area (TPSA) is 57.0 Å². The fourth-order valence-corrected chi connectivity index (χ4v) is 2.75. The summed E-state index contributed by atoms with van der Waals surface area (Å²) in [6, 6.07) is 6.18. The van der Waals surface area contributed by atoms with E-state index in [0.29, 0.717) is 6.54 Å². The Kier molecular flexibility index (Phi) is 5.37. The van der Waals surface area contributed by atoms with Gasteiger partial charge in [-0.1, -0.05) is 6.07 Å². The standard InChI is InChI=1S/C15H24N2O3/c1-18-13-5-4-11(6-12(13)7-16)8-17-9-14(19-2)15(10-17)20-3/h4-6,14-15H,7-10,16H2,1-3H3. The van der Waals surface area contributed by atoms with Crippen molar-refractivity contribution in [3.05, 3.63) is 29.3 Å². The SMILES string of the molecule is COc1ccc(CN2CC(OC)C(OC)C2)cc1CN. The Bertz CT molecular complexity index is 427. The van der Waals surface area contributed by atoms with Gasteiger partial charge in [0.15, 0.2) is 0 Å². The van der Waals surface area contributed by atoms with Gasteiger partial charge in [-0.05, 0) is 17.7 Å². The van der Waals surface area contributed by atoms with Crippen molar-refractivity contribution in [1.29, 1.82) is 0 Å². The zero-order valence-electron chi connectivity index (χ0n) is 12.5. The van der Waals surface area contributed by atoms with E-state index < -0.39 is 0 Å². The van der Waals surface area contributed by atoms with Crippen LogP contribution in [0.1, 0.15) is 11.1 Å². The van der Waals surface area contributed by atoms with E-state index >= 15 is 0 Å². The van der Waals surface area contributed by atoms with Gasteiger partial charge in [-0.25, -0.2) is 0 Å². The molecule has 112 valence electrons. The summed E-state index contributed by atoms with van der Waals surface area (Å²) in [5.74, 6) is 0.849. The third-order valence-corrected chi connectivity index (χ3v) is 3.87. The molecule has 0 amide bonds. The van der Waals surface area contributed by atoms with Gasteiger partial charge in [-0.2, -0.15) is 0 Å². The Labute approximate surface area is 120 Å². The number of nitrogens with two attached hydrogens (primary N) is 1. The number of ether oxygens (including phenoxy) is 3. The highest BCUT2D eigenvalue weighted by Gasteiger charge is 2.32. The van der Waals surface area contributed by atoms with Crippen LogP contribution in [0.5, 0.6) is 5.75 Å². The minimum atomic E-state index is 0.146. The average molecular weight is 280 g/mol. The molecule has 2 unspecified atom stereocenters. The first kappa shape index (κ1) is 15.3. The lowest BCUT2D eigenvalue weighted by Crippen LogP contribution is -2.27. The van der Waals surface area contributed by atoms with E-state index in [1.807, 2.05) is 6.07 Å². The van der Waals surface area contributed by atoms with Crippen LogP contribution in [0.2, 0.25) is 0 Å². The van der Waals surface area contributed by atoms with E-state index in [1.165, 1.54) is 5.56 Å². The first-order valence-electron chi connectivity index (χ1n) is 6.85. The molecule has 5 nitrogen and oxygen atoms in total. The maximum absolute atomic E-state index is 5.76. The van der Waals surface area contributed by atoms with Crippen LogP contribution in [-0.2, 0) is 22.6 Å². The lowest BCUT2D eigenvalue weighted by Gasteiger charge is -2.16. The van der Waals surface area contributed by atoms with Gasteiger partial charge in [-0.15, -0.1) is 0 Å². The molecule has 2 atom stereocenters. The maximum atomic E-state index is 5.76. The molecule has 0 spiro atoms. The number of methoxy groups -OCH3 is 3. The molecule has 0 saturated carbocycles. The highest BCUT2D eigenvalue weighted by atomic mass is 16.5. The van der Waals surface area contributed by atoms with Gasteiger partial charge in [0.25, 0.3) is 0 Å². The molecule has 1 aromatic rings. The molecule has 0 radical (unpaired) electrons. The number of rotatable bonds is 6. The highest BCUT2D eigenvalue weighted by molar-refractivity contribution is 5.37. The van der Waals surface area contributed by atoms with Crippen molar-refractivity contribution in [2.75, 3.05) is 34.4 Å². The number of nitrogens with zero attached hydrogens (tertiary/aromatic N) is 1. The quantitative estimate of drug-likeness (QED) is 0.842. The molecule has 2 rings (SSSR count). The lowest BCUT2D eigenvalue weighted by atomic mass is 10.1. The zero-order chi connectivity index (χ0) is 14.5. The number of hydrogen-bond acceptors (Lipinski definition) is 5. The van der Waals surface area contributed by atoms with Gasteiger partial charge in [-0.3, -0.25) is 4.90 Å². The van der Waals surface area contributed by atoms with Crippen LogP contribution in [0.25, 0.3) is 0 Å². The van der Waals surface area contributed by atoms with E-state index in [9.17, 15) is 0 Å². The summed E-state index contributed by atoms with van der Waals surface area (Å²) in [6.07, 6.45) is 0.291. The molecule has 20 heavy (non-hydrogen) atoms. The Morgan fingerprint density at radius 1 is 1.15 bits per heavy atom. The molecule has 1 fully saturated rings. The van der Waals surface area contributed by atoms with E-state index in [2.05, 4.69) is 17.0 Å². The summed E-state index contributed by atoms with van der Waals surface area (Å²) < 4.78 is 16.2. The first-order chi connectivity index (χ1) is 9.71. The van der Waals surface area contributed by atoms with Gasteiger partial charge >= 0.3 is 0 Å². The summed E-state index contributed by atoms with van der Waals surface area (Å²) in [5, 5.41) is 0. The Hall–Kier alpha value is -1.14. The van der Waals surface area contributed by atoms with Crippen molar-refractivity contribution >= 4 is 0 Å². The van der Waals surface area contributed by atoms with E-state index in [4.69, 9.17) is 19.9 Å². The average Bonchev–Trinajstić information content (AvgIpc) is 2.89. The van der Waals surface area contributed by atoms with Crippen molar-refractivity contribution in [3.8, 4) is 5.75 Å². The second kappa shape index (κ2) is 7.04. The van der Waals surface area contributed by atoms with Gasteiger partial charge < -0.3 is 19.9 Å². The van der Waals surface area contributed by atoms with Gasteiger partial charge in [0, 0.05) is 46.0 Å². The van der Waals surface area contributed by atoms with Crippen LogP contribution >= 0.6 is 0 Å². The first-order valence-corrected chi connectivity index (χ1v) is 6.85. The summed E-state index contributed by atoms with van der Waals surface area (Å²) >= 11 is 0. The van der Waals surface area contributed by atoms with Crippen molar-refractivity contribution in [1.82, 2.24) is 4.90 Å². The van der Waals surface area contributed by atoms with Crippen molar-refractivity contribution in [2.45, 2.75) is 25.3 Å². The molecule has 1 heterocycles. The Balaban J connectivity index is 2.04. The predicted molar refractivity (Wildman–Crippen MR) is 77.8 cm³/mol. The largest absolute Gasteiger partial charge is 0.496 e. The predicted octanol–water partition coefficient (Wildman–Crippen LogP) is 1.000. The van der Waals surface area contributed by atoms with Crippen LogP contribution in [0.3, 0.4) is 0 Å². The van der Waals surface area contributed by atoms with E-state index in [0.717, 1.165) is 30.9 Å². The second-order valence-electron chi connectivity index (χ2n) is 5.09. The summed E-state index contributed by atoms with van der Waals surface area (Å²) in [6.45, 7) is 3.13. The minimum Gasteiger partial charge on any atom is -0.496 e. The zero-order valence-corrected chi connectivity index (χ0v) is 12.5. The molecular weight excluding hydrogens is 256 g/mol. The maximum Gasteiger partial charge on any atom is 0.123 e. The van der Waals surface area contributed by atoms with E-state index in [-0.39, 0.29) is 12.2 Å². The third-order valence-electron chi connectivity index (χ3n) is 3.87. The minimum absolute atomic E-state index is 0.146. The Morgan fingerprint density at radius 2 is 1.80 bits per heavy atom. The molecule has 0 aliphatic carbocycles. The molecule has 2 N–H and O–H groups in total. The fourth-order valence-electron chi connectivity index (χ4n) is 2.75. The number of hydrogen-bond donors (Lipinski definition) is 1. The summed E-state index contributed by atoms with van der Waals surface area (Å²) in [5.41, 5.74) is 8.03. The van der Waals surface area contributed by atoms with Crippen molar-refractivity contribution in [3.63, 3.8) is 0 Å². The molecule has 1 aliphatic heterocycles. The monoisotopic (exact) mass is 280 g/mol. The third kappa shape index (κ3) is 3.30. The molecule has 1 aliphatic rings. The van der Waals surface area contributed by atoms with Crippen LogP contribution in [0.4, 0.5) is 0 Å². The highest BCUT2D eigenvalue weighted by Crippen LogP contribution is 2.22. The van der Waals surface area contributed by atoms with Gasteiger partial charge in [0.05, 0.1) is 19.3 Å². The Morgan fingerprint density at radius 3 is 2.30 bits per heavy atom. The molecule has 1 saturated heterocycles. The van der Waals surface area contributed by atoms with E-state index in [1.54, 1.807) is 21.3 Å². The molecule has 0 aromatic heterocycles. The summed E-state index contributed by atoms with van der Waals surface area (Å²) in [4.78, 5) is 2.34. The lowest BCUT2D eigenvalue weighted by molar-refractivity contribution is -0.00461. The molecular formula is C15H24N2O3. The van der Waals surface area contributed by atoms with Crippen molar-refractivity contribution in [2.24, 2.45) is 5.73 Å². The van der Waals surface area contributed by atoms with Gasteiger partial charge in [0.1, 0.15) is 5.75 Å². The molecule has 5 heteroatoms. The second-order valence-corrected chi connectivity index (χ2v) is 5.09. The van der Waals surface area contributed by atoms with Crippen LogP contribution < -0.4 is 10.5 Å².